The first-order valence-corrected chi connectivity index (χ1v) is 5.51. The highest BCUT2D eigenvalue weighted by molar-refractivity contribution is 5.83. The van der Waals surface area contributed by atoms with Gasteiger partial charge in [-0.2, -0.15) is 0 Å². The van der Waals surface area contributed by atoms with Crippen LogP contribution in [-0.2, 0) is 0 Å². The largest absolute Gasteiger partial charge is 0.322 e. The van der Waals surface area contributed by atoms with Crippen LogP contribution in [-0.4, -0.2) is 9.97 Å². The van der Waals surface area contributed by atoms with Gasteiger partial charge in [0.25, 0.3) is 5.56 Å². The van der Waals surface area contributed by atoms with Gasteiger partial charge in [0.2, 0.25) is 0 Å². The molecule has 0 amide bonds. The number of fused-ring (bicyclic) bond motifs is 1. The van der Waals surface area contributed by atoms with Crippen molar-refractivity contribution in [1.82, 2.24) is 9.97 Å². The van der Waals surface area contributed by atoms with E-state index in [9.17, 15) is 4.79 Å². The minimum absolute atomic E-state index is 0.0478. The Kier molecular flexibility index (Phi) is 2.10. The van der Waals surface area contributed by atoms with Crippen LogP contribution < -0.4 is 5.56 Å². The Hall–Kier alpha value is -1.90. The molecule has 1 aliphatic carbocycles. The van der Waals surface area contributed by atoms with Gasteiger partial charge in [0.15, 0.2) is 0 Å². The number of nitrogens with one attached hydrogen (secondary N) is 1. The van der Waals surface area contributed by atoms with Crippen LogP contribution in [0.1, 0.15) is 25.0 Å². The molecule has 0 bridgehead atoms. The van der Waals surface area contributed by atoms with Crippen LogP contribution in [0.15, 0.2) is 35.4 Å². The first-order valence-electron chi connectivity index (χ1n) is 5.51. The average molecular weight is 212 g/mol. The number of aromatic amines is 1. The number of hydrogen-bond acceptors (Lipinski definition) is 2. The molecule has 0 saturated carbocycles. The van der Waals surface area contributed by atoms with E-state index in [0.29, 0.717) is 5.39 Å². The fraction of sp³-hybridized carbons (Fsp3) is 0.231. The summed E-state index contributed by atoms with van der Waals surface area (Å²) in [6, 6.07) is 3.92. The molecule has 3 nitrogen and oxygen atoms in total. The normalized spacial score (nSPS) is 15.4. The molecule has 1 N–H and O–H groups in total. The molecule has 0 aliphatic heterocycles. The van der Waals surface area contributed by atoms with Crippen molar-refractivity contribution in [2.45, 2.75) is 19.3 Å². The van der Waals surface area contributed by atoms with Crippen molar-refractivity contribution in [3.8, 4) is 0 Å². The first-order chi connectivity index (χ1) is 7.84. The SMILES string of the molecule is O=c1[nH]c(C2=CCCC2)cc2ccncc12. The summed E-state index contributed by atoms with van der Waals surface area (Å²) < 4.78 is 0. The van der Waals surface area contributed by atoms with E-state index in [1.54, 1.807) is 12.4 Å². The Labute approximate surface area is 92.8 Å². The summed E-state index contributed by atoms with van der Waals surface area (Å²) in [7, 11) is 0. The van der Waals surface area contributed by atoms with Gasteiger partial charge in [-0.05, 0) is 42.4 Å². The lowest BCUT2D eigenvalue weighted by atomic mass is 10.1. The summed E-state index contributed by atoms with van der Waals surface area (Å²) >= 11 is 0. The number of H-pyrrole nitrogens is 1. The van der Waals surface area contributed by atoms with Crippen molar-refractivity contribution in [2.24, 2.45) is 0 Å². The maximum Gasteiger partial charge on any atom is 0.257 e. The Bertz CT molecular complexity index is 625. The smallest absolute Gasteiger partial charge is 0.257 e. The van der Waals surface area contributed by atoms with Crippen LogP contribution in [0.3, 0.4) is 0 Å². The number of aromatic nitrogens is 2. The van der Waals surface area contributed by atoms with Crippen LogP contribution >= 0.6 is 0 Å². The van der Waals surface area contributed by atoms with Crippen LogP contribution in [0.2, 0.25) is 0 Å². The number of hydrogen-bond donors (Lipinski definition) is 1. The summed E-state index contributed by atoms with van der Waals surface area (Å²) in [4.78, 5) is 18.7. The van der Waals surface area contributed by atoms with Gasteiger partial charge in [0.1, 0.15) is 0 Å². The van der Waals surface area contributed by atoms with Crippen LogP contribution in [0.25, 0.3) is 16.3 Å². The molecule has 0 spiro atoms. The van der Waals surface area contributed by atoms with Gasteiger partial charge in [-0.15, -0.1) is 0 Å². The molecule has 2 aromatic rings. The number of nitrogens with zero attached hydrogens (tertiary/aromatic N) is 1. The van der Waals surface area contributed by atoms with Crippen molar-refractivity contribution in [3.05, 3.63) is 46.7 Å². The van der Waals surface area contributed by atoms with E-state index in [0.717, 1.165) is 23.9 Å². The highest BCUT2D eigenvalue weighted by Gasteiger charge is 2.09. The van der Waals surface area contributed by atoms with E-state index in [4.69, 9.17) is 0 Å². The predicted molar refractivity (Wildman–Crippen MR) is 64.2 cm³/mol. The topological polar surface area (TPSA) is 45.8 Å². The zero-order valence-electron chi connectivity index (χ0n) is 8.86. The Morgan fingerprint density at radius 2 is 2.31 bits per heavy atom. The highest BCUT2D eigenvalue weighted by atomic mass is 16.1. The van der Waals surface area contributed by atoms with Gasteiger partial charge in [-0.25, -0.2) is 0 Å². The Balaban J connectivity index is 2.25. The molecule has 0 fully saturated rings. The van der Waals surface area contributed by atoms with Crippen molar-refractivity contribution in [3.63, 3.8) is 0 Å². The monoisotopic (exact) mass is 212 g/mol. The van der Waals surface area contributed by atoms with E-state index >= 15 is 0 Å². The highest BCUT2D eigenvalue weighted by Crippen LogP contribution is 2.26. The quantitative estimate of drug-likeness (QED) is 0.789. The maximum atomic E-state index is 11.8. The molecule has 0 aromatic carbocycles. The summed E-state index contributed by atoms with van der Waals surface area (Å²) in [6.07, 6.45) is 8.90. The summed E-state index contributed by atoms with van der Waals surface area (Å²) in [5, 5.41) is 1.62. The molecule has 2 heterocycles. The van der Waals surface area contributed by atoms with E-state index in [1.807, 2.05) is 12.1 Å². The summed E-state index contributed by atoms with van der Waals surface area (Å²) in [6.45, 7) is 0. The van der Waals surface area contributed by atoms with E-state index in [2.05, 4.69) is 16.0 Å². The molecular weight excluding hydrogens is 200 g/mol. The molecular formula is C13H12N2O. The lowest BCUT2D eigenvalue weighted by Crippen LogP contribution is -2.08. The number of allylic oxidation sites excluding steroid dienone is 2. The third-order valence-electron chi connectivity index (χ3n) is 3.03. The number of rotatable bonds is 1. The van der Waals surface area contributed by atoms with Crippen LogP contribution in [0, 0.1) is 0 Å². The van der Waals surface area contributed by atoms with Crippen molar-refractivity contribution < 1.29 is 0 Å². The van der Waals surface area contributed by atoms with Crippen LogP contribution in [0.5, 0.6) is 0 Å². The van der Waals surface area contributed by atoms with E-state index < -0.39 is 0 Å². The molecule has 2 aromatic heterocycles. The number of pyridine rings is 2. The third-order valence-corrected chi connectivity index (χ3v) is 3.03. The molecule has 3 rings (SSSR count). The zero-order valence-corrected chi connectivity index (χ0v) is 8.86. The van der Waals surface area contributed by atoms with Crippen molar-refractivity contribution >= 4 is 16.3 Å². The Morgan fingerprint density at radius 3 is 3.12 bits per heavy atom. The molecule has 0 radical (unpaired) electrons. The van der Waals surface area contributed by atoms with Gasteiger partial charge >= 0.3 is 0 Å². The lowest BCUT2D eigenvalue weighted by Gasteiger charge is -2.03. The van der Waals surface area contributed by atoms with Gasteiger partial charge in [0.05, 0.1) is 5.39 Å². The van der Waals surface area contributed by atoms with Gasteiger partial charge in [-0.1, -0.05) is 6.08 Å². The van der Waals surface area contributed by atoms with Crippen LogP contribution in [0.4, 0.5) is 0 Å². The van der Waals surface area contributed by atoms with E-state index in [1.165, 1.54) is 12.0 Å². The molecule has 0 atom stereocenters. The maximum absolute atomic E-state index is 11.8. The molecule has 1 aliphatic rings. The fourth-order valence-corrected chi connectivity index (χ4v) is 2.19. The first kappa shape index (κ1) is 9.33. The second-order valence-corrected chi connectivity index (χ2v) is 4.10. The van der Waals surface area contributed by atoms with Gasteiger partial charge in [-0.3, -0.25) is 9.78 Å². The summed E-state index contributed by atoms with van der Waals surface area (Å²) in [5.41, 5.74) is 2.17. The van der Waals surface area contributed by atoms with Gasteiger partial charge in [0, 0.05) is 18.1 Å². The lowest BCUT2D eigenvalue weighted by molar-refractivity contribution is 0.932. The molecule has 16 heavy (non-hydrogen) atoms. The molecule has 0 saturated heterocycles. The zero-order chi connectivity index (χ0) is 11.0. The minimum atomic E-state index is -0.0478. The average Bonchev–Trinajstić information content (AvgIpc) is 2.82. The second kappa shape index (κ2) is 3.59. The van der Waals surface area contributed by atoms with Gasteiger partial charge < -0.3 is 4.98 Å². The standard InChI is InChI=1S/C13H12N2O/c16-13-11-8-14-6-5-10(11)7-12(15-13)9-3-1-2-4-9/h3,5-8H,1-2,4H2,(H,15,16). The fourth-order valence-electron chi connectivity index (χ4n) is 2.19. The Morgan fingerprint density at radius 1 is 1.38 bits per heavy atom. The second-order valence-electron chi connectivity index (χ2n) is 4.10. The van der Waals surface area contributed by atoms with Crippen molar-refractivity contribution in [2.75, 3.05) is 0 Å². The minimum Gasteiger partial charge on any atom is -0.322 e. The summed E-state index contributed by atoms with van der Waals surface area (Å²) in [5.74, 6) is 0. The third kappa shape index (κ3) is 1.45. The predicted octanol–water partition coefficient (Wildman–Crippen LogP) is 2.49. The molecule has 0 unspecified atom stereocenters. The van der Waals surface area contributed by atoms with E-state index in [-0.39, 0.29) is 5.56 Å². The van der Waals surface area contributed by atoms with Crippen molar-refractivity contribution in [1.29, 1.82) is 0 Å². The molecule has 80 valence electrons. The molecule has 3 heteroatoms.